The number of halogens is 2. The second-order valence-corrected chi connectivity index (χ2v) is 5.26. The topological polar surface area (TPSA) is 58.6 Å². The van der Waals surface area contributed by atoms with Gasteiger partial charge in [-0.15, -0.1) is 0 Å². The van der Waals surface area contributed by atoms with Crippen LogP contribution < -0.4 is 14.6 Å². The second-order valence-electron chi connectivity index (χ2n) is 4.42. The van der Waals surface area contributed by atoms with E-state index in [0.717, 1.165) is 5.56 Å². The van der Waals surface area contributed by atoms with Crippen molar-refractivity contribution in [2.75, 3.05) is 6.61 Å². The maximum Gasteiger partial charge on any atom is 0.180 e. The summed E-state index contributed by atoms with van der Waals surface area (Å²) in [5, 5.41) is 11.7. The summed E-state index contributed by atoms with van der Waals surface area (Å²) in [5.41, 5.74) is 0.833. The van der Waals surface area contributed by atoms with E-state index in [9.17, 15) is 9.90 Å². The first-order valence-electron chi connectivity index (χ1n) is 6.56. The number of ether oxygens (including phenoxy) is 2. The van der Waals surface area contributed by atoms with Gasteiger partial charge in [-0.2, -0.15) is 0 Å². The number of aromatic carboxylic acids is 1. The van der Waals surface area contributed by atoms with Crippen LogP contribution in [0.3, 0.4) is 0 Å². The van der Waals surface area contributed by atoms with Gasteiger partial charge in [0.1, 0.15) is 6.61 Å². The highest BCUT2D eigenvalue weighted by Gasteiger charge is 2.13. The summed E-state index contributed by atoms with van der Waals surface area (Å²) in [6.45, 7) is 2.38. The van der Waals surface area contributed by atoms with E-state index in [1.54, 1.807) is 19.1 Å². The van der Waals surface area contributed by atoms with Crippen LogP contribution in [-0.4, -0.2) is 12.6 Å². The Morgan fingerprint density at radius 2 is 1.82 bits per heavy atom. The average Bonchev–Trinajstić information content (AvgIpc) is 2.48. The number of carboxylic acids is 1. The highest BCUT2D eigenvalue weighted by atomic mass is 35.5. The molecule has 0 aliphatic rings. The van der Waals surface area contributed by atoms with E-state index in [1.807, 2.05) is 12.1 Å². The summed E-state index contributed by atoms with van der Waals surface area (Å²) in [7, 11) is 0. The molecule has 2 aromatic carbocycles. The standard InChI is InChI=1S/C16H14Cl2O4/c1-2-21-14-8-11(16(19)20)7-13(18)15(14)22-9-10-3-5-12(17)6-4-10/h3-8H,2,9H2,1H3,(H,19,20)/p-1. The molecule has 0 heterocycles. The van der Waals surface area contributed by atoms with E-state index < -0.39 is 5.97 Å². The molecule has 0 saturated heterocycles. The van der Waals surface area contributed by atoms with E-state index in [4.69, 9.17) is 32.7 Å². The molecule has 0 bridgehead atoms. The van der Waals surface area contributed by atoms with E-state index in [-0.39, 0.29) is 22.9 Å². The third-order valence-corrected chi connectivity index (χ3v) is 3.37. The lowest BCUT2D eigenvalue weighted by molar-refractivity contribution is -0.255. The van der Waals surface area contributed by atoms with Crippen molar-refractivity contribution in [2.24, 2.45) is 0 Å². The molecule has 6 heteroatoms. The van der Waals surface area contributed by atoms with Gasteiger partial charge in [-0.1, -0.05) is 35.3 Å². The number of hydrogen-bond acceptors (Lipinski definition) is 4. The van der Waals surface area contributed by atoms with Crippen molar-refractivity contribution in [3.8, 4) is 11.5 Å². The van der Waals surface area contributed by atoms with Crippen LogP contribution in [0.1, 0.15) is 22.8 Å². The molecule has 0 amide bonds. The molecule has 0 N–H and O–H groups in total. The Balaban J connectivity index is 2.25. The highest BCUT2D eigenvalue weighted by molar-refractivity contribution is 6.32. The first-order chi connectivity index (χ1) is 10.5. The SMILES string of the molecule is CCOc1cc(C(=O)[O-])cc(Cl)c1OCc1ccc(Cl)cc1. The third-order valence-electron chi connectivity index (χ3n) is 2.84. The fourth-order valence-electron chi connectivity index (χ4n) is 1.82. The maximum atomic E-state index is 11.0. The normalized spacial score (nSPS) is 10.3. The van der Waals surface area contributed by atoms with Crippen molar-refractivity contribution < 1.29 is 19.4 Å². The lowest BCUT2D eigenvalue weighted by atomic mass is 10.2. The number of carbonyl (C=O) groups excluding carboxylic acids is 1. The molecule has 0 atom stereocenters. The molecule has 0 spiro atoms. The molecule has 0 aliphatic carbocycles. The minimum atomic E-state index is -1.33. The van der Waals surface area contributed by atoms with Crippen molar-refractivity contribution in [3.63, 3.8) is 0 Å². The Morgan fingerprint density at radius 1 is 1.14 bits per heavy atom. The van der Waals surface area contributed by atoms with Crippen LogP contribution in [0.2, 0.25) is 10.0 Å². The van der Waals surface area contributed by atoms with E-state index in [0.29, 0.717) is 17.4 Å². The molecule has 116 valence electrons. The first kappa shape index (κ1) is 16.5. The third kappa shape index (κ3) is 4.06. The number of carbonyl (C=O) groups is 1. The Morgan fingerprint density at radius 3 is 2.41 bits per heavy atom. The number of carboxylic acid groups (broad SMARTS) is 1. The lowest BCUT2D eigenvalue weighted by Gasteiger charge is -2.15. The molecule has 0 aromatic heterocycles. The van der Waals surface area contributed by atoms with Crippen LogP contribution in [0.4, 0.5) is 0 Å². The van der Waals surface area contributed by atoms with E-state index >= 15 is 0 Å². The van der Waals surface area contributed by atoms with Crippen LogP contribution >= 0.6 is 23.2 Å². The predicted molar refractivity (Wildman–Crippen MR) is 82.7 cm³/mol. The average molecular weight is 340 g/mol. The largest absolute Gasteiger partial charge is 0.545 e. The minimum absolute atomic E-state index is 0.0627. The van der Waals surface area contributed by atoms with Gasteiger partial charge >= 0.3 is 0 Å². The van der Waals surface area contributed by atoms with Gasteiger partial charge < -0.3 is 19.4 Å². The molecular weight excluding hydrogens is 327 g/mol. The molecule has 4 nitrogen and oxygen atoms in total. The molecular formula is C16H13Cl2O4-. The molecule has 22 heavy (non-hydrogen) atoms. The first-order valence-corrected chi connectivity index (χ1v) is 7.31. The molecule has 2 aromatic rings. The zero-order valence-corrected chi connectivity index (χ0v) is 13.3. The van der Waals surface area contributed by atoms with Crippen LogP contribution in [0.25, 0.3) is 0 Å². The Bertz CT molecular complexity index is 669. The van der Waals surface area contributed by atoms with Crippen molar-refractivity contribution in [1.29, 1.82) is 0 Å². The van der Waals surface area contributed by atoms with Crippen LogP contribution in [0.5, 0.6) is 11.5 Å². The molecule has 2 rings (SSSR count). The van der Waals surface area contributed by atoms with Gasteiger partial charge in [-0.3, -0.25) is 0 Å². The van der Waals surface area contributed by atoms with Gasteiger partial charge in [-0.05, 0) is 36.8 Å². The molecule has 0 radical (unpaired) electrons. The van der Waals surface area contributed by atoms with Gasteiger partial charge in [0.2, 0.25) is 0 Å². The number of hydrogen-bond donors (Lipinski definition) is 0. The summed E-state index contributed by atoms with van der Waals surface area (Å²) < 4.78 is 11.1. The van der Waals surface area contributed by atoms with Crippen molar-refractivity contribution in [1.82, 2.24) is 0 Å². The predicted octanol–water partition coefficient (Wildman–Crippen LogP) is 3.33. The molecule has 0 aliphatic heterocycles. The van der Waals surface area contributed by atoms with Gasteiger partial charge in [0.15, 0.2) is 11.5 Å². The summed E-state index contributed by atoms with van der Waals surface area (Å²) >= 11 is 11.9. The summed E-state index contributed by atoms with van der Waals surface area (Å²) in [5.74, 6) is -0.765. The van der Waals surface area contributed by atoms with Crippen molar-refractivity contribution in [2.45, 2.75) is 13.5 Å². The van der Waals surface area contributed by atoms with E-state index in [1.165, 1.54) is 12.1 Å². The van der Waals surface area contributed by atoms with Crippen LogP contribution in [0, 0.1) is 0 Å². The van der Waals surface area contributed by atoms with Gasteiger partial charge in [-0.25, -0.2) is 0 Å². The summed E-state index contributed by atoms with van der Waals surface area (Å²) in [6.07, 6.45) is 0. The smallest absolute Gasteiger partial charge is 0.180 e. The second kappa shape index (κ2) is 7.38. The quantitative estimate of drug-likeness (QED) is 0.809. The Kier molecular flexibility index (Phi) is 5.52. The number of rotatable bonds is 6. The summed E-state index contributed by atoms with van der Waals surface area (Å²) in [6, 6.07) is 9.77. The fourth-order valence-corrected chi connectivity index (χ4v) is 2.22. The van der Waals surface area contributed by atoms with Gasteiger partial charge in [0.25, 0.3) is 0 Å². The molecule has 0 saturated carbocycles. The maximum absolute atomic E-state index is 11.0. The number of benzene rings is 2. The van der Waals surface area contributed by atoms with Gasteiger partial charge in [0, 0.05) is 10.6 Å². The van der Waals surface area contributed by atoms with Crippen LogP contribution in [0.15, 0.2) is 36.4 Å². The fraction of sp³-hybridized carbons (Fsp3) is 0.188. The molecule has 0 fully saturated rings. The molecule has 0 unspecified atom stereocenters. The highest BCUT2D eigenvalue weighted by Crippen LogP contribution is 2.37. The zero-order valence-electron chi connectivity index (χ0n) is 11.8. The Labute approximate surface area is 138 Å². The van der Waals surface area contributed by atoms with Crippen LogP contribution in [-0.2, 0) is 6.61 Å². The van der Waals surface area contributed by atoms with Gasteiger partial charge in [0.05, 0.1) is 17.6 Å². The van der Waals surface area contributed by atoms with Crippen molar-refractivity contribution in [3.05, 3.63) is 57.6 Å². The minimum Gasteiger partial charge on any atom is -0.545 e. The Hall–Kier alpha value is -1.91. The monoisotopic (exact) mass is 339 g/mol. The summed E-state index contributed by atoms with van der Waals surface area (Å²) in [4.78, 5) is 11.0. The lowest BCUT2D eigenvalue weighted by Crippen LogP contribution is -2.22. The zero-order chi connectivity index (χ0) is 16.1. The van der Waals surface area contributed by atoms with Crippen molar-refractivity contribution >= 4 is 29.2 Å². The van der Waals surface area contributed by atoms with E-state index in [2.05, 4.69) is 0 Å².